The minimum absolute atomic E-state index is 0.00403. The SMILES string of the molecule is CCc1ccc(C(=O)N2CCCCC2CC(=O)O)s1. The summed E-state index contributed by atoms with van der Waals surface area (Å²) in [6, 6.07) is 3.69. The van der Waals surface area contributed by atoms with Crippen molar-refractivity contribution in [3.63, 3.8) is 0 Å². The summed E-state index contributed by atoms with van der Waals surface area (Å²) in [5.74, 6) is -0.833. The first-order valence-corrected chi connectivity index (χ1v) is 7.55. The highest BCUT2D eigenvalue weighted by Gasteiger charge is 2.29. The summed E-state index contributed by atoms with van der Waals surface area (Å²) in [5.41, 5.74) is 0. The largest absolute Gasteiger partial charge is 0.481 e. The van der Waals surface area contributed by atoms with Crippen molar-refractivity contribution in [2.75, 3.05) is 6.54 Å². The van der Waals surface area contributed by atoms with Crippen LogP contribution in [0.15, 0.2) is 12.1 Å². The van der Waals surface area contributed by atoms with E-state index in [4.69, 9.17) is 5.11 Å². The fourth-order valence-corrected chi connectivity index (χ4v) is 3.41. The third kappa shape index (κ3) is 3.35. The highest BCUT2D eigenvalue weighted by Crippen LogP contribution is 2.25. The van der Waals surface area contributed by atoms with Gasteiger partial charge in [0.25, 0.3) is 5.91 Å². The summed E-state index contributed by atoms with van der Waals surface area (Å²) < 4.78 is 0. The average molecular weight is 281 g/mol. The van der Waals surface area contributed by atoms with Gasteiger partial charge in [0.15, 0.2) is 0 Å². The molecule has 1 amide bonds. The number of hydrogen-bond acceptors (Lipinski definition) is 3. The number of aliphatic carboxylic acids is 1. The Labute approximate surface area is 117 Å². The molecule has 1 aliphatic rings. The lowest BCUT2D eigenvalue weighted by Crippen LogP contribution is -2.44. The van der Waals surface area contributed by atoms with E-state index in [0.717, 1.165) is 30.6 Å². The van der Waals surface area contributed by atoms with Crippen LogP contribution in [-0.2, 0) is 11.2 Å². The van der Waals surface area contributed by atoms with E-state index in [1.165, 1.54) is 16.2 Å². The highest BCUT2D eigenvalue weighted by molar-refractivity contribution is 7.14. The quantitative estimate of drug-likeness (QED) is 0.923. The van der Waals surface area contributed by atoms with Gasteiger partial charge in [0.1, 0.15) is 0 Å². The summed E-state index contributed by atoms with van der Waals surface area (Å²) in [6.07, 6.45) is 3.75. The fourth-order valence-electron chi connectivity index (χ4n) is 2.51. The maximum Gasteiger partial charge on any atom is 0.305 e. The Bertz CT molecular complexity index is 469. The number of carbonyl (C=O) groups excluding carboxylic acids is 1. The minimum Gasteiger partial charge on any atom is -0.481 e. The van der Waals surface area contributed by atoms with Crippen LogP contribution in [-0.4, -0.2) is 34.5 Å². The van der Waals surface area contributed by atoms with Crippen LogP contribution in [0.4, 0.5) is 0 Å². The zero-order valence-electron chi connectivity index (χ0n) is 11.1. The van der Waals surface area contributed by atoms with Crippen LogP contribution in [0, 0.1) is 0 Å². The minimum atomic E-state index is -0.829. The number of aryl methyl sites for hydroxylation is 1. The number of carboxylic acids is 1. The van der Waals surface area contributed by atoms with E-state index in [1.807, 2.05) is 12.1 Å². The average Bonchev–Trinajstić information content (AvgIpc) is 2.86. The zero-order chi connectivity index (χ0) is 13.8. The number of amides is 1. The molecule has 0 radical (unpaired) electrons. The van der Waals surface area contributed by atoms with Gasteiger partial charge < -0.3 is 10.0 Å². The molecule has 104 valence electrons. The standard InChI is InChI=1S/C14H19NO3S/c1-2-11-6-7-12(19-11)14(18)15-8-4-3-5-10(15)9-13(16)17/h6-7,10H,2-5,8-9H2,1H3,(H,16,17). The van der Waals surface area contributed by atoms with Gasteiger partial charge in [-0.05, 0) is 37.8 Å². The number of rotatable bonds is 4. The van der Waals surface area contributed by atoms with Crippen molar-refractivity contribution in [2.45, 2.75) is 45.1 Å². The molecule has 2 rings (SSSR count). The lowest BCUT2D eigenvalue weighted by molar-refractivity contribution is -0.138. The van der Waals surface area contributed by atoms with Crippen LogP contribution < -0.4 is 0 Å². The molecule has 0 bridgehead atoms. The van der Waals surface area contributed by atoms with Gasteiger partial charge in [-0.2, -0.15) is 0 Å². The van der Waals surface area contributed by atoms with E-state index in [9.17, 15) is 9.59 Å². The van der Waals surface area contributed by atoms with Gasteiger partial charge >= 0.3 is 5.97 Å². The van der Waals surface area contributed by atoms with Crippen molar-refractivity contribution in [1.29, 1.82) is 0 Å². The van der Waals surface area contributed by atoms with Crippen molar-refractivity contribution in [2.24, 2.45) is 0 Å². The molecular weight excluding hydrogens is 262 g/mol. The Hall–Kier alpha value is -1.36. The molecule has 1 atom stereocenters. The zero-order valence-corrected chi connectivity index (χ0v) is 11.9. The second kappa shape index (κ2) is 6.19. The molecular formula is C14H19NO3S. The fraction of sp³-hybridized carbons (Fsp3) is 0.571. The van der Waals surface area contributed by atoms with Crippen molar-refractivity contribution in [3.05, 3.63) is 21.9 Å². The van der Waals surface area contributed by atoms with Gasteiger partial charge in [0.2, 0.25) is 0 Å². The number of carboxylic acid groups (broad SMARTS) is 1. The molecule has 5 heteroatoms. The molecule has 0 aliphatic carbocycles. The van der Waals surface area contributed by atoms with Crippen LogP contribution in [0.2, 0.25) is 0 Å². The molecule has 0 saturated carbocycles. The molecule has 1 aliphatic heterocycles. The van der Waals surface area contributed by atoms with Gasteiger partial charge in [-0.25, -0.2) is 0 Å². The number of thiophene rings is 1. The topological polar surface area (TPSA) is 57.6 Å². The lowest BCUT2D eigenvalue weighted by Gasteiger charge is -2.34. The van der Waals surface area contributed by atoms with Crippen molar-refractivity contribution in [1.82, 2.24) is 4.90 Å². The predicted molar refractivity (Wildman–Crippen MR) is 74.6 cm³/mol. The Balaban J connectivity index is 2.12. The molecule has 1 fully saturated rings. The molecule has 1 aromatic rings. The normalized spacial score (nSPS) is 19.4. The first-order valence-electron chi connectivity index (χ1n) is 6.73. The molecule has 1 unspecified atom stereocenters. The molecule has 0 spiro atoms. The molecule has 4 nitrogen and oxygen atoms in total. The number of nitrogens with zero attached hydrogens (tertiary/aromatic N) is 1. The van der Waals surface area contributed by atoms with Gasteiger partial charge in [0.05, 0.1) is 11.3 Å². The van der Waals surface area contributed by atoms with Crippen molar-refractivity contribution >= 4 is 23.2 Å². The van der Waals surface area contributed by atoms with Gasteiger partial charge in [0, 0.05) is 17.5 Å². The van der Waals surface area contributed by atoms with Gasteiger partial charge in [-0.1, -0.05) is 6.92 Å². The maximum absolute atomic E-state index is 12.5. The summed E-state index contributed by atoms with van der Waals surface area (Å²) in [7, 11) is 0. The van der Waals surface area contributed by atoms with E-state index < -0.39 is 5.97 Å². The molecule has 0 aromatic carbocycles. The van der Waals surface area contributed by atoms with Crippen LogP contribution in [0.3, 0.4) is 0 Å². The monoisotopic (exact) mass is 281 g/mol. The lowest BCUT2D eigenvalue weighted by atomic mass is 9.99. The van der Waals surface area contributed by atoms with Crippen LogP contribution >= 0.6 is 11.3 Å². The van der Waals surface area contributed by atoms with E-state index in [0.29, 0.717) is 6.54 Å². The predicted octanol–water partition coefficient (Wildman–Crippen LogP) is 2.78. The number of likely N-dealkylation sites (tertiary alicyclic amines) is 1. The van der Waals surface area contributed by atoms with E-state index >= 15 is 0 Å². The van der Waals surface area contributed by atoms with Gasteiger partial charge in [-0.3, -0.25) is 9.59 Å². The number of carbonyl (C=O) groups is 2. The van der Waals surface area contributed by atoms with Crippen molar-refractivity contribution in [3.8, 4) is 0 Å². The molecule has 1 aromatic heterocycles. The Morgan fingerprint density at radius 2 is 2.21 bits per heavy atom. The van der Waals surface area contributed by atoms with Crippen LogP contribution in [0.25, 0.3) is 0 Å². The number of hydrogen-bond donors (Lipinski definition) is 1. The van der Waals surface area contributed by atoms with E-state index in [1.54, 1.807) is 4.90 Å². The first-order chi connectivity index (χ1) is 9.11. The Kier molecular flexibility index (Phi) is 4.58. The summed E-state index contributed by atoms with van der Waals surface area (Å²) in [5, 5.41) is 8.94. The number of piperidine rings is 1. The van der Waals surface area contributed by atoms with E-state index in [2.05, 4.69) is 6.92 Å². The Morgan fingerprint density at radius 1 is 1.42 bits per heavy atom. The molecule has 1 saturated heterocycles. The van der Waals surface area contributed by atoms with Gasteiger partial charge in [-0.15, -0.1) is 11.3 Å². The third-order valence-electron chi connectivity index (χ3n) is 3.52. The second-order valence-corrected chi connectivity index (χ2v) is 6.03. The Morgan fingerprint density at radius 3 is 2.84 bits per heavy atom. The third-order valence-corrected chi connectivity index (χ3v) is 4.74. The first kappa shape index (κ1) is 14.1. The summed E-state index contributed by atoms with van der Waals surface area (Å²) in [4.78, 5) is 27.0. The summed E-state index contributed by atoms with van der Waals surface area (Å²) >= 11 is 1.52. The van der Waals surface area contributed by atoms with Crippen molar-refractivity contribution < 1.29 is 14.7 Å². The highest BCUT2D eigenvalue weighted by atomic mass is 32.1. The molecule has 2 heterocycles. The molecule has 19 heavy (non-hydrogen) atoms. The maximum atomic E-state index is 12.5. The van der Waals surface area contributed by atoms with Crippen LogP contribution in [0.5, 0.6) is 0 Å². The smallest absolute Gasteiger partial charge is 0.305 e. The van der Waals surface area contributed by atoms with E-state index in [-0.39, 0.29) is 18.4 Å². The molecule has 1 N–H and O–H groups in total. The van der Waals surface area contributed by atoms with Crippen LogP contribution in [0.1, 0.15) is 47.2 Å². The second-order valence-electron chi connectivity index (χ2n) is 4.87. The summed E-state index contributed by atoms with van der Waals surface area (Å²) in [6.45, 7) is 2.74.